The van der Waals surface area contributed by atoms with E-state index >= 15 is 0 Å². The molecule has 0 aliphatic heterocycles. The minimum atomic E-state index is -1.75. The van der Waals surface area contributed by atoms with Gasteiger partial charge in [-0.3, -0.25) is 0 Å². The van der Waals surface area contributed by atoms with Crippen LogP contribution in [0.1, 0.15) is 22.3 Å². The van der Waals surface area contributed by atoms with E-state index in [0.29, 0.717) is 0 Å². The zero-order valence-electron chi connectivity index (χ0n) is 19.0. The number of quaternary nitrogens is 4. The third kappa shape index (κ3) is 43.0. The van der Waals surface area contributed by atoms with Crippen molar-refractivity contribution in [2.24, 2.45) is 0 Å². The molecule has 0 aliphatic carbocycles. The molecule has 0 spiro atoms. The molecule has 12 N–H and O–H groups in total. The van der Waals surface area contributed by atoms with E-state index < -0.39 is 20.3 Å². The lowest BCUT2D eigenvalue weighted by atomic mass is 10.1. The third-order valence-electron chi connectivity index (χ3n) is 3.14. The zero-order chi connectivity index (χ0) is 29.1. The monoisotopic (exact) mass is 524 g/mol. The van der Waals surface area contributed by atoms with Crippen LogP contribution in [0.2, 0.25) is 0 Å². The Morgan fingerprint density at radius 2 is 0.583 bits per heavy atom. The highest BCUT2D eigenvalue weighted by atomic mass is 16.9. The van der Waals surface area contributed by atoms with Crippen molar-refractivity contribution in [3.05, 3.63) is 132 Å². The summed E-state index contributed by atoms with van der Waals surface area (Å²) < 4.78 is 0. The third-order valence-corrected chi connectivity index (χ3v) is 3.14. The van der Waals surface area contributed by atoms with Gasteiger partial charge in [0.25, 0.3) is 0 Å². The van der Waals surface area contributed by atoms with Crippen LogP contribution >= 0.6 is 0 Å². The lowest BCUT2D eigenvalue weighted by Gasteiger charge is -1.95. The van der Waals surface area contributed by atoms with Crippen LogP contribution in [0.5, 0.6) is 0 Å². The Morgan fingerprint density at radius 3 is 0.694 bits per heavy atom. The highest BCUT2D eigenvalue weighted by Crippen LogP contribution is 2.02. The molecule has 204 valence electrons. The first-order valence-electron chi connectivity index (χ1n) is 9.25. The number of nitrogens with zero attached hydrogens (tertiary/aromatic N) is 4. The van der Waals surface area contributed by atoms with Gasteiger partial charge in [0.05, 0.1) is 46.5 Å². The Balaban J connectivity index is -0.000000183. The Labute approximate surface area is 202 Å². The first-order valence-corrected chi connectivity index (χ1v) is 9.25. The maximum Gasteiger partial charge on any atom is 0.0997 e. The molecular weight excluding hydrogens is 496 g/mol. The summed E-state index contributed by atoms with van der Waals surface area (Å²) in [7, 11) is 0. The lowest BCUT2D eigenvalue weighted by molar-refractivity contribution is -0.403. The predicted octanol–water partition coefficient (Wildman–Crippen LogP) is -2.62. The molecule has 0 heterocycles. The minimum absolute atomic E-state index is 0.869. The van der Waals surface area contributed by atoms with E-state index in [2.05, 4.69) is 71.5 Å². The molecule has 20 nitrogen and oxygen atoms in total. The molecule has 0 amide bonds. The topological polar surface area (TPSA) is 375 Å². The first-order chi connectivity index (χ1) is 16.7. The number of benzene rings is 2. The second-order valence-corrected chi connectivity index (χ2v) is 5.53. The van der Waals surface area contributed by atoms with Gasteiger partial charge >= 0.3 is 0 Å². The van der Waals surface area contributed by atoms with Crippen LogP contribution in [0.4, 0.5) is 0 Å². The largest absolute Gasteiger partial charge is 0.356 e. The molecule has 0 saturated heterocycles. The summed E-state index contributed by atoms with van der Waals surface area (Å²) in [5.41, 5.74) is 20.4. The molecule has 0 atom stereocenters. The summed E-state index contributed by atoms with van der Waals surface area (Å²) in [5, 5.41) is 59.0. The van der Waals surface area contributed by atoms with Crippen LogP contribution < -0.4 is 22.9 Å². The van der Waals surface area contributed by atoms with Gasteiger partial charge in [-0.15, -0.1) is 0 Å². The maximum absolute atomic E-state index is 8.25. The fourth-order valence-corrected chi connectivity index (χ4v) is 1.88. The van der Waals surface area contributed by atoms with Gasteiger partial charge in [0.2, 0.25) is 0 Å². The van der Waals surface area contributed by atoms with Crippen LogP contribution in [0.25, 0.3) is 0 Å². The lowest BCUT2D eigenvalue weighted by Crippen LogP contribution is -2.48. The molecular formula is C16H28N8O12. The molecule has 0 unspecified atom stereocenters. The van der Waals surface area contributed by atoms with Crippen LogP contribution in [0, 0.1) is 61.3 Å². The molecule has 2 rings (SSSR count). The summed E-state index contributed by atoms with van der Waals surface area (Å²) in [6.45, 7) is 3.48. The SMILES string of the molecule is O=[N+]([O-])[O-].O=[N+]([O-])[O-].O=[N+]([O-])[O-].O=[N+]([O-])[O-].[NH3+]Cc1cccc(C[NH3+])c1.[NH3+]Cc1cccc(C[NH3+])c1. The quantitative estimate of drug-likeness (QED) is 0.236. The second kappa shape index (κ2) is 26.3. The molecule has 2 aromatic carbocycles. The normalized spacial score (nSPS) is 8.11. The van der Waals surface area contributed by atoms with Crippen LogP contribution in [0.3, 0.4) is 0 Å². The highest BCUT2D eigenvalue weighted by Gasteiger charge is 1.94. The summed E-state index contributed by atoms with van der Waals surface area (Å²) in [5.74, 6) is 0. The van der Waals surface area contributed by atoms with E-state index in [9.17, 15) is 0 Å². The number of hydrogen-bond donors (Lipinski definition) is 4. The van der Waals surface area contributed by atoms with E-state index in [1.165, 1.54) is 22.3 Å². The van der Waals surface area contributed by atoms with Gasteiger partial charge in [-0.2, -0.15) is 0 Å². The van der Waals surface area contributed by atoms with Crippen molar-refractivity contribution >= 4 is 0 Å². The summed E-state index contributed by atoms with van der Waals surface area (Å²) in [6, 6.07) is 16.8. The van der Waals surface area contributed by atoms with Crippen molar-refractivity contribution < 1.29 is 43.3 Å². The van der Waals surface area contributed by atoms with Gasteiger partial charge in [-0.1, -0.05) is 36.4 Å². The van der Waals surface area contributed by atoms with Gasteiger partial charge in [-0.25, -0.2) is 0 Å². The van der Waals surface area contributed by atoms with Crippen LogP contribution in [-0.2, 0) is 26.2 Å². The van der Waals surface area contributed by atoms with E-state index in [-0.39, 0.29) is 0 Å². The summed E-state index contributed by atoms with van der Waals surface area (Å²) >= 11 is 0. The van der Waals surface area contributed by atoms with Gasteiger partial charge in [0.15, 0.2) is 0 Å². The molecule has 0 fully saturated rings. The van der Waals surface area contributed by atoms with Crippen molar-refractivity contribution in [2.75, 3.05) is 0 Å². The maximum atomic E-state index is 8.25. The van der Waals surface area contributed by atoms with Crippen molar-refractivity contribution in [1.29, 1.82) is 0 Å². The molecule has 0 bridgehead atoms. The number of rotatable bonds is 4. The van der Waals surface area contributed by atoms with Crippen molar-refractivity contribution in [3.63, 3.8) is 0 Å². The predicted molar refractivity (Wildman–Crippen MR) is 121 cm³/mol. The Kier molecular flexibility index (Phi) is 28.1. The standard InChI is InChI=1S/2C8H12N2.4NO3/c2*9-5-7-2-1-3-8(4-7)6-10;4*2-1(3)4/h2*1-4H,5-6,9-10H2;;;;/q;;4*-1/p+4. The van der Waals surface area contributed by atoms with Gasteiger partial charge < -0.3 is 84.2 Å². The Hall–Kier alpha value is -4.92. The minimum Gasteiger partial charge on any atom is -0.356 e. The molecule has 2 aromatic rings. The summed E-state index contributed by atoms with van der Waals surface area (Å²) in [4.78, 5) is 33.0. The van der Waals surface area contributed by atoms with E-state index in [0.717, 1.165) is 26.2 Å². The van der Waals surface area contributed by atoms with E-state index in [1.807, 2.05) is 0 Å². The Morgan fingerprint density at radius 1 is 0.444 bits per heavy atom. The molecule has 0 saturated carbocycles. The molecule has 36 heavy (non-hydrogen) atoms. The van der Waals surface area contributed by atoms with Crippen LogP contribution in [-0.4, -0.2) is 20.3 Å². The molecule has 0 aromatic heterocycles. The van der Waals surface area contributed by atoms with E-state index in [1.54, 1.807) is 0 Å². The second-order valence-electron chi connectivity index (χ2n) is 5.53. The summed E-state index contributed by atoms with van der Waals surface area (Å²) in [6.07, 6.45) is 0. The average Bonchev–Trinajstić information content (AvgIpc) is 2.78. The van der Waals surface area contributed by atoms with Crippen molar-refractivity contribution in [3.8, 4) is 0 Å². The first kappa shape index (κ1) is 38.3. The molecule has 0 aliphatic rings. The highest BCUT2D eigenvalue weighted by molar-refractivity contribution is 5.22. The number of hydrogen-bond acceptors (Lipinski definition) is 12. The fourth-order valence-electron chi connectivity index (χ4n) is 1.88. The molecule has 20 heteroatoms. The smallest absolute Gasteiger partial charge is 0.0997 e. The fraction of sp³-hybridized carbons (Fsp3) is 0.250. The van der Waals surface area contributed by atoms with Gasteiger partial charge in [0.1, 0.15) is 0 Å². The van der Waals surface area contributed by atoms with Crippen LogP contribution in [0.15, 0.2) is 48.5 Å². The van der Waals surface area contributed by atoms with Crippen molar-refractivity contribution in [2.45, 2.75) is 26.2 Å². The Bertz CT molecular complexity index is 738. The van der Waals surface area contributed by atoms with Gasteiger partial charge in [0, 0.05) is 22.3 Å². The van der Waals surface area contributed by atoms with Gasteiger partial charge in [-0.05, 0) is 12.1 Å². The zero-order valence-corrected chi connectivity index (χ0v) is 19.0. The average molecular weight is 524 g/mol. The van der Waals surface area contributed by atoms with E-state index in [4.69, 9.17) is 61.3 Å². The van der Waals surface area contributed by atoms with Crippen molar-refractivity contribution in [1.82, 2.24) is 0 Å². The molecule has 0 radical (unpaired) electrons.